The summed E-state index contributed by atoms with van der Waals surface area (Å²) in [4.78, 5) is 0. The third-order valence-corrected chi connectivity index (χ3v) is 4.16. The molecule has 0 aliphatic heterocycles. The van der Waals surface area contributed by atoms with Gasteiger partial charge in [-0.15, -0.1) is 0 Å². The first-order valence-electron chi connectivity index (χ1n) is 5.15. The van der Waals surface area contributed by atoms with Gasteiger partial charge in [0.15, 0.2) is 5.03 Å². The summed E-state index contributed by atoms with van der Waals surface area (Å²) in [5.41, 5.74) is 7.50. The monoisotopic (exact) mass is 258 g/mol. The maximum Gasteiger partial charge on any atom is 0.262 e. The van der Waals surface area contributed by atoms with Gasteiger partial charge >= 0.3 is 0 Å². The van der Waals surface area contributed by atoms with E-state index in [0.29, 0.717) is 11.3 Å². The molecule has 0 fully saturated rings. The summed E-state index contributed by atoms with van der Waals surface area (Å²) in [6.07, 6.45) is 0. The SMILES string of the molecule is C=C(C)CN(C)S(=O)(=O)c1n[nH]c(C)c1CN. The van der Waals surface area contributed by atoms with Crippen molar-refractivity contribution >= 4 is 10.0 Å². The fraction of sp³-hybridized carbons (Fsp3) is 0.500. The summed E-state index contributed by atoms with van der Waals surface area (Å²) >= 11 is 0. The molecule has 0 spiro atoms. The number of H-pyrrole nitrogens is 1. The van der Waals surface area contributed by atoms with Crippen LogP contribution < -0.4 is 5.73 Å². The topological polar surface area (TPSA) is 92.1 Å². The number of aromatic amines is 1. The number of aromatic nitrogens is 2. The van der Waals surface area contributed by atoms with Crippen molar-refractivity contribution in [2.24, 2.45) is 5.73 Å². The average molecular weight is 258 g/mol. The third kappa shape index (κ3) is 2.74. The molecule has 1 aromatic rings. The van der Waals surface area contributed by atoms with Gasteiger partial charge in [-0.25, -0.2) is 8.42 Å². The lowest BCUT2D eigenvalue weighted by atomic mass is 10.3. The Hall–Kier alpha value is -1.18. The molecule has 0 saturated heterocycles. The van der Waals surface area contributed by atoms with Gasteiger partial charge in [-0.05, 0) is 13.8 Å². The van der Waals surface area contributed by atoms with E-state index in [9.17, 15) is 8.42 Å². The van der Waals surface area contributed by atoms with Crippen LogP contribution in [0.15, 0.2) is 17.2 Å². The van der Waals surface area contributed by atoms with E-state index >= 15 is 0 Å². The Labute approximate surface area is 102 Å². The largest absolute Gasteiger partial charge is 0.326 e. The maximum atomic E-state index is 12.2. The van der Waals surface area contributed by atoms with Crippen LogP contribution in [0.1, 0.15) is 18.2 Å². The summed E-state index contributed by atoms with van der Waals surface area (Å²) in [7, 11) is -2.11. The first-order chi connectivity index (χ1) is 7.80. The van der Waals surface area contributed by atoms with Crippen molar-refractivity contribution in [3.05, 3.63) is 23.4 Å². The van der Waals surface area contributed by atoms with E-state index in [-0.39, 0.29) is 18.1 Å². The number of nitrogens with two attached hydrogens (primary N) is 1. The minimum Gasteiger partial charge on any atom is -0.326 e. The highest BCUT2D eigenvalue weighted by Gasteiger charge is 2.27. The predicted molar refractivity (Wildman–Crippen MR) is 65.8 cm³/mol. The first kappa shape index (κ1) is 13.9. The lowest BCUT2D eigenvalue weighted by Gasteiger charge is -2.16. The zero-order valence-corrected chi connectivity index (χ0v) is 11.1. The summed E-state index contributed by atoms with van der Waals surface area (Å²) < 4.78 is 25.6. The van der Waals surface area contributed by atoms with Gasteiger partial charge in [-0.2, -0.15) is 9.40 Å². The Morgan fingerprint density at radius 1 is 1.59 bits per heavy atom. The van der Waals surface area contributed by atoms with Crippen molar-refractivity contribution in [2.45, 2.75) is 25.4 Å². The molecular formula is C10H18N4O2S. The van der Waals surface area contributed by atoms with Crippen LogP contribution in [0.3, 0.4) is 0 Å². The Bertz CT molecular complexity index is 518. The number of rotatable bonds is 5. The molecule has 0 aliphatic rings. The van der Waals surface area contributed by atoms with Crippen LogP contribution in [0.4, 0.5) is 0 Å². The van der Waals surface area contributed by atoms with Crippen LogP contribution in [-0.4, -0.2) is 36.5 Å². The Morgan fingerprint density at radius 3 is 2.65 bits per heavy atom. The molecule has 6 nitrogen and oxygen atoms in total. The number of aryl methyl sites for hydroxylation is 1. The molecule has 0 aromatic carbocycles. The van der Waals surface area contributed by atoms with Crippen molar-refractivity contribution < 1.29 is 8.42 Å². The second kappa shape index (κ2) is 4.99. The van der Waals surface area contributed by atoms with Crippen molar-refractivity contribution in [3.8, 4) is 0 Å². The summed E-state index contributed by atoms with van der Waals surface area (Å²) in [5.74, 6) is 0. The molecule has 1 aromatic heterocycles. The van der Waals surface area contributed by atoms with E-state index in [4.69, 9.17) is 5.73 Å². The highest BCUT2D eigenvalue weighted by atomic mass is 32.2. The van der Waals surface area contributed by atoms with Gasteiger partial charge < -0.3 is 5.73 Å². The Balaban J connectivity index is 3.17. The molecule has 0 aliphatic carbocycles. The molecule has 3 N–H and O–H groups in total. The van der Waals surface area contributed by atoms with E-state index in [0.717, 1.165) is 5.57 Å². The van der Waals surface area contributed by atoms with Gasteiger partial charge in [0.2, 0.25) is 0 Å². The van der Waals surface area contributed by atoms with Gasteiger partial charge in [0.1, 0.15) is 0 Å². The van der Waals surface area contributed by atoms with E-state index < -0.39 is 10.0 Å². The number of hydrogen-bond acceptors (Lipinski definition) is 4. The van der Waals surface area contributed by atoms with Gasteiger partial charge in [0.05, 0.1) is 0 Å². The first-order valence-corrected chi connectivity index (χ1v) is 6.59. The quantitative estimate of drug-likeness (QED) is 0.746. The van der Waals surface area contributed by atoms with Crippen LogP contribution in [0, 0.1) is 6.92 Å². The number of sulfonamides is 1. The van der Waals surface area contributed by atoms with Crippen molar-refractivity contribution in [2.75, 3.05) is 13.6 Å². The lowest BCUT2D eigenvalue weighted by molar-refractivity contribution is 0.488. The molecule has 0 amide bonds. The van der Waals surface area contributed by atoms with Crippen molar-refractivity contribution in [3.63, 3.8) is 0 Å². The van der Waals surface area contributed by atoms with Crippen molar-refractivity contribution in [1.82, 2.24) is 14.5 Å². The fourth-order valence-electron chi connectivity index (χ4n) is 1.50. The number of likely N-dealkylation sites (N-methyl/N-ethyl adjacent to an activating group) is 1. The lowest BCUT2D eigenvalue weighted by Crippen LogP contribution is -2.29. The molecule has 1 heterocycles. The highest BCUT2D eigenvalue weighted by Crippen LogP contribution is 2.19. The van der Waals surface area contributed by atoms with Crippen LogP contribution in [-0.2, 0) is 16.6 Å². The maximum absolute atomic E-state index is 12.2. The van der Waals surface area contributed by atoms with Crippen LogP contribution in [0.5, 0.6) is 0 Å². The Morgan fingerprint density at radius 2 is 2.18 bits per heavy atom. The zero-order valence-electron chi connectivity index (χ0n) is 10.3. The van der Waals surface area contributed by atoms with E-state index in [2.05, 4.69) is 16.8 Å². The van der Waals surface area contributed by atoms with E-state index in [1.165, 1.54) is 11.4 Å². The Kier molecular flexibility index (Phi) is 4.07. The second-order valence-electron chi connectivity index (χ2n) is 4.05. The van der Waals surface area contributed by atoms with Crippen LogP contribution >= 0.6 is 0 Å². The summed E-state index contributed by atoms with van der Waals surface area (Å²) in [6, 6.07) is 0. The molecule has 96 valence electrons. The fourth-order valence-corrected chi connectivity index (χ4v) is 2.89. The molecule has 0 saturated carbocycles. The van der Waals surface area contributed by atoms with Crippen LogP contribution in [0.2, 0.25) is 0 Å². The van der Waals surface area contributed by atoms with E-state index in [1.807, 2.05) is 0 Å². The molecule has 1 rings (SSSR count). The molecule has 7 heteroatoms. The molecular weight excluding hydrogens is 240 g/mol. The van der Waals surface area contributed by atoms with Gasteiger partial charge in [0, 0.05) is 31.4 Å². The molecule has 0 bridgehead atoms. The third-order valence-electron chi connectivity index (χ3n) is 2.39. The molecule has 0 radical (unpaired) electrons. The van der Waals surface area contributed by atoms with Crippen molar-refractivity contribution in [1.29, 1.82) is 0 Å². The summed E-state index contributed by atoms with van der Waals surface area (Å²) in [6.45, 7) is 7.60. The molecule has 17 heavy (non-hydrogen) atoms. The molecule has 0 atom stereocenters. The predicted octanol–water partition coefficient (Wildman–Crippen LogP) is 0.373. The smallest absolute Gasteiger partial charge is 0.262 e. The van der Waals surface area contributed by atoms with Gasteiger partial charge in [0.25, 0.3) is 10.0 Å². The van der Waals surface area contributed by atoms with E-state index in [1.54, 1.807) is 13.8 Å². The van der Waals surface area contributed by atoms with Gasteiger partial charge in [-0.1, -0.05) is 12.2 Å². The zero-order chi connectivity index (χ0) is 13.2. The molecule has 0 unspecified atom stereocenters. The minimum atomic E-state index is -3.61. The normalized spacial score (nSPS) is 12.1. The number of nitrogens with one attached hydrogen (secondary N) is 1. The minimum absolute atomic E-state index is 0.00116. The second-order valence-corrected chi connectivity index (χ2v) is 6.01. The average Bonchev–Trinajstić information content (AvgIpc) is 2.58. The summed E-state index contributed by atoms with van der Waals surface area (Å²) in [5, 5.41) is 6.47. The number of nitrogens with zero attached hydrogens (tertiary/aromatic N) is 2. The van der Waals surface area contributed by atoms with Crippen LogP contribution in [0.25, 0.3) is 0 Å². The van der Waals surface area contributed by atoms with Gasteiger partial charge in [-0.3, -0.25) is 5.10 Å². The highest BCUT2D eigenvalue weighted by molar-refractivity contribution is 7.89. The standard InChI is InChI=1S/C10H18N4O2S/c1-7(2)6-14(4)17(15,16)10-9(5-11)8(3)12-13-10/h1,5-6,11H2,2-4H3,(H,12,13). The number of hydrogen-bond donors (Lipinski definition) is 2.